The minimum Gasteiger partial charge on any atom is -0.440 e. The van der Waals surface area contributed by atoms with Crippen LogP contribution >= 0.6 is 11.6 Å². The number of nitrogens with one attached hydrogen (secondary N) is 1. The Bertz CT molecular complexity index is 1150. The van der Waals surface area contributed by atoms with Gasteiger partial charge in [0.2, 0.25) is 0 Å². The molecule has 0 spiro atoms. The first kappa shape index (κ1) is 18.3. The van der Waals surface area contributed by atoms with Crippen molar-refractivity contribution in [2.75, 3.05) is 5.32 Å². The standard InChI is InChI=1S/C21H19ClN4O2/c1-13(2)21-25-18-9-16(7-8-19(18)28-21)24-20(27)15-10-23-26(12-15)11-14-5-3-4-6-17(14)22/h3-10,12-13H,11H2,1-2H3,(H,24,27). The van der Waals surface area contributed by atoms with E-state index in [1.54, 1.807) is 23.0 Å². The summed E-state index contributed by atoms with van der Waals surface area (Å²) in [5.74, 6) is 0.645. The highest BCUT2D eigenvalue weighted by molar-refractivity contribution is 6.31. The summed E-state index contributed by atoms with van der Waals surface area (Å²) in [7, 11) is 0. The number of rotatable bonds is 5. The molecule has 0 atom stereocenters. The fourth-order valence-corrected chi connectivity index (χ4v) is 3.04. The number of carbonyl (C=O) groups is 1. The average Bonchev–Trinajstić information content (AvgIpc) is 3.30. The van der Waals surface area contributed by atoms with E-state index < -0.39 is 0 Å². The molecule has 0 aliphatic heterocycles. The number of nitrogens with zero attached hydrogens (tertiary/aromatic N) is 3. The van der Waals surface area contributed by atoms with Crippen LogP contribution in [-0.2, 0) is 6.54 Å². The van der Waals surface area contributed by atoms with Gasteiger partial charge in [0.1, 0.15) is 5.52 Å². The second-order valence-corrected chi connectivity index (χ2v) is 7.27. The number of hydrogen-bond acceptors (Lipinski definition) is 4. The van der Waals surface area contributed by atoms with Crippen molar-refractivity contribution in [3.63, 3.8) is 0 Å². The molecule has 0 aliphatic carbocycles. The molecule has 4 aromatic rings. The maximum Gasteiger partial charge on any atom is 0.258 e. The summed E-state index contributed by atoms with van der Waals surface area (Å²) in [5.41, 5.74) is 3.48. The molecule has 2 aromatic carbocycles. The summed E-state index contributed by atoms with van der Waals surface area (Å²) >= 11 is 6.19. The molecule has 1 amide bonds. The molecule has 0 saturated heterocycles. The van der Waals surface area contributed by atoms with Crippen LogP contribution in [0.15, 0.2) is 59.3 Å². The SMILES string of the molecule is CC(C)c1nc2cc(NC(=O)c3cnn(Cc4ccccc4Cl)c3)ccc2o1. The summed E-state index contributed by atoms with van der Waals surface area (Å²) in [4.78, 5) is 17.0. The first-order valence-corrected chi connectivity index (χ1v) is 9.35. The first-order valence-electron chi connectivity index (χ1n) is 8.97. The summed E-state index contributed by atoms with van der Waals surface area (Å²) in [6.45, 7) is 4.54. The third-order valence-electron chi connectivity index (χ3n) is 4.34. The van der Waals surface area contributed by atoms with Gasteiger partial charge in [0.15, 0.2) is 11.5 Å². The van der Waals surface area contributed by atoms with E-state index in [1.807, 2.05) is 44.2 Å². The van der Waals surface area contributed by atoms with Crippen molar-refractivity contribution in [2.45, 2.75) is 26.3 Å². The van der Waals surface area contributed by atoms with Crippen LogP contribution in [0, 0.1) is 0 Å². The Labute approximate surface area is 167 Å². The van der Waals surface area contributed by atoms with Crippen LogP contribution in [0.1, 0.15) is 41.6 Å². The molecular formula is C21H19ClN4O2. The van der Waals surface area contributed by atoms with E-state index in [9.17, 15) is 4.79 Å². The van der Waals surface area contributed by atoms with Crippen LogP contribution in [0.25, 0.3) is 11.1 Å². The minimum absolute atomic E-state index is 0.203. The molecule has 28 heavy (non-hydrogen) atoms. The van der Waals surface area contributed by atoms with Crippen molar-refractivity contribution >= 4 is 34.3 Å². The van der Waals surface area contributed by atoms with Crippen LogP contribution < -0.4 is 5.32 Å². The second-order valence-electron chi connectivity index (χ2n) is 6.86. The van der Waals surface area contributed by atoms with E-state index >= 15 is 0 Å². The number of hydrogen-bond donors (Lipinski definition) is 1. The van der Waals surface area contributed by atoms with E-state index in [4.69, 9.17) is 16.0 Å². The molecule has 1 N–H and O–H groups in total. The molecule has 0 fully saturated rings. The molecule has 7 heteroatoms. The van der Waals surface area contributed by atoms with Crippen LogP contribution in [0.5, 0.6) is 0 Å². The predicted molar refractivity (Wildman–Crippen MR) is 109 cm³/mol. The van der Waals surface area contributed by atoms with Gasteiger partial charge < -0.3 is 9.73 Å². The lowest BCUT2D eigenvalue weighted by molar-refractivity contribution is 0.102. The molecule has 4 rings (SSSR count). The predicted octanol–water partition coefficient (Wildman–Crippen LogP) is 5.10. The van der Waals surface area contributed by atoms with Gasteiger partial charge in [-0.05, 0) is 29.8 Å². The quantitative estimate of drug-likeness (QED) is 0.511. The van der Waals surface area contributed by atoms with Crippen LogP contribution in [-0.4, -0.2) is 20.7 Å². The highest BCUT2D eigenvalue weighted by Crippen LogP contribution is 2.24. The molecule has 0 unspecified atom stereocenters. The maximum absolute atomic E-state index is 12.6. The van der Waals surface area contributed by atoms with Crippen LogP contribution in [0.3, 0.4) is 0 Å². The Hall–Kier alpha value is -3.12. The number of carbonyl (C=O) groups excluding carboxylic acids is 1. The van der Waals surface area contributed by atoms with Crippen molar-refractivity contribution in [2.24, 2.45) is 0 Å². The second kappa shape index (κ2) is 7.48. The summed E-state index contributed by atoms with van der Waals surface area (Å²) in [5, 5.41) is 7.81. The van der Waals surface area contributed by atoms with Gasteiger partial charge in [0, 0.05) is 22.8 Å². The molecule has 142 valence electrons. The van der Waals surface area contributed by atoms with Gasteiger partial charge in [-0.1, -0.05) is 43.6 Å². The summed E-state index contributed by atoms with van der Waals surface area (Å²) < 4.78 is 7.38. The molecule has 0 aliphatic rings. The molecule has 2 aromatic heterocycles. The lowest BCUT2D eigenvalue weighted by Crippen LogP contribution is -2.11. The van der Waals surface area contributed by atoms with Crippen molar-refractivity contribution in [3.8, 4) is 0 Å². The highest BCUT2D eigenvalue weighted by atomic mass is 35.5. The van der Waals surface area contributed by atoms with Gasteiger partial charge in [-0.2, -0.15) is 5.10 Å². The van der Waals surface area contributed by atoms with Crippen molar-refractivity contribution < 1.29 is 9.21 Å². The lowest BCUT2D eigenvalue weighted by atomic mass is 10.2. The zero-order valence-electron chi connectivity index (χ0n) is 15.5. The minimum atomic E-state index is -0.239. The Morgan fingerprint density at radius 1 is 1.25 bits per heavy atom. The molecule has 0 bridgehead atoms. The first-order chi connectivity index (χ1) is 13.5. The smallest absolute Gasteiger partial charge is 0.258 e. The number of anilines is 1. The Morgan fingerprint density at radius 2 is 2.07 bits per heavy atom. The molecule has 0 saturated carbocycles. The topological polar surface area (TPSA) is 73.0 Å². The monoisotopic (exact) mass is 394 g/mol. The summed E-state index contributed by atoms with van der Waals surface area (Å²) in [6.07, 6.45) is 3.24. The largest absolute Gasteiger partial charge is 0.440 e. The van der Waals surface area contributed by atoms with E-state index in [-0.39, 0.29) is 11.8 Å². The van der Waals surface area contributed by atoms with E-state index in [1.165, 1.54) is 6.20 Å². The number of benzene rings is 2. The van der Waals surface area contributed by atoms with E-state index in [2.05, 4.69) is 15.4 Å². The Kier molecular flexibility index (Phi) is 4.88. The van der Waals surface area contributed by atoms with Crippen molar-refractivity contribution in [3.05, 3.63) is 76.9 Å². The molecule has 0 radical (unpaired) electrons. The number of aromatic nitrogens is 3. The normalized spacial score (nSPS) is 11.3. The zero-order chi connectivity index (χ0) is 19.7. The Morgan fingerprint density at radius 3 is 2.86 bits per heavy atom. The fourth-order valence-electron chi connectivity index (χ4n) is 2.84. The molecule has 6 nitrogen and oxygen atoms in total. The highest BCUT2D eigenvalue weighted by Gasteiger charge is 2.13. The number of amides is 1. The number of oxazole rings is 1. The Balaban J connectivity index is 1.49. The third kappa shape index (κ3) is 3.77. The fraction of sp³-hybridized carbons (Fsp3) is 0.190. The molecule has 2 heterocycles. The molecular weight excluding hydrogens is 376 g/mol. The number of halogens is 1. The summed E-state index contributed by atoms with van der Waals surface area (Å²) in [6, 6.07) is 13.0. The third-order valence-corrected chi connectivity index (χ3v) is 4.71. The van der Waals surface area contributed by atoms with Gasteiger partial charge in [-0.3, -0.25) is 9.48 Å². The van der Waals surface area contributed by atoms with E-state index in [0.29, 0.717) is 34.3 Å². The van der Waals surface area contributed by atoms with Gasteiger partial charge in [-0.15, -0.1) is 0 Å². The van der Waals surface area contributed by atoms with E-state index in [0.717, 1.165) is 11.1 Å². The maximum atomic E-state index is 12.6. The van der Waals surface area contributed by atoms with Crippen LogP contribution in [0.2, 0.25) is 5.02 Å². The van der Waals surface area contributed by atoms with Gasteiger partial charge in [0.25, 0.3) is 5.91 Å². The van der Waals surface area contributed by atoms with Gasteiger partial charge >= 0.3 is 0 Å². The lowest BCUT2D eigenvalue weighted by Gasteiger charge is -2.04. The van der Waals surface area contributed by atoms with Gasteiger partial charge in [-0.25, -0.2) is 4.98 Å². The van der Waals surface area contributed by atoms with Gasteiger partial charge in [0.05, 0.1) is 18.3 Å². The van der Waals surface area contributed by atoms with Crippen LogP contribution in [0.4, 0.5) is 5.69 Å². The van der Waals surface area contributed by atoms with Crippen molar-refractivity contribution in [1.82, 2.24) is 14.8 Å². The van der Waals surface area contributed by atoms with Crippen molar-refractivity contribution in [1.29, 1.82) is 0 Å². The zero-order valence-corrected chi connectivity index (χ0v) is 16.3. The number of fused-ring (bicyclic) bond motifs is 1. The average molecular weight is 395 g/mol.